The lowest BCUT2D eigenvalue weighted by molar-refractivity contribution is -0.137. The van der Waals surface area contributed by atoms with Gasteiger partial charge >= 0.3 is 5.97 Å². The highest BCUT2D eigenvalue weighted by atomic mass is 32.1. The van der Waals surface area contributed by atoms with Gasteiger partial charge < -0.3 is 15.7 Å². The predicted octanol–water partition coefficient (Wildman–Crippen LogP) is 1.72. The van der Waals surface area contributed by atoms with Crippen molar-refractivity contribution in [3.05, 3.63) is 64.0 Å². The Morgan fingerprint density at radius 3 is 2.43 bits per heavy atom. The van der Waals surface area contributed by atoms with Crippen LogP contribution in [0.1, 0.15) is 15.2 Å². The van der Waals surface area contributed by atoms with Crippen molar-refractivity contribution in [2.45, 2.75) is 0 Å². The molecule has 0 spiro atoms. The summed E-state index contributed by atoms with van der Waals surface area (Å²) in [7, 11) is 0. The molecular weight excluding hydrogens is 316 g/mol. The minimum atomic E-state index is -1.16. The Hall–Kier alpha value is -2.93. The van der Waals surface area contributed by atoms with E-state index in [2.05, 4.69) is 10.6 Å². The fourth-order valence-corrected chi connectivity index (χ4v) is 2.37. The molecule has 0 radical (unpaired) electrons. The second kappa shape index (κ2) is 7.90. The molecule has 1 aromatic carbocycles. The zero-order valence-electron chi connectivity index (χ0n) is 12.0. The third-order valence-electron chi connectivity index (χ3n) is 2.76. The number of thiophene rings is 1. The summed E-state index contributed by atoms with van der Waals surface area (Å²) in [4.78, 5) is 35.6. The van der Waals surface area contributed by atoms with Crippen LogP contribution in [0.5, 0.6) is 0 Å². The fraction of sp³-hybridized carbons (Fsp3) is 0.0625. The second-order valence-electron chi connectivity index (χ2n) is 4.47. The maximum absolute atomic E-state index is 12.2. The molecule has 6 nitrogen and oxygen atoms in total. The van der Waals surface area contributed by atoms with E-state index in [9.17, 15) is 14.4 Å². The molecule has 2 amide bonds. The first-order chi connectivity index (χ1) is 11.1. The average Bonchev–Trinajstić information content (AvgIpc) is 3.05. The van der Waals surface area contributed by atoms with Crippen molar-refractivity contribution in [3.63, 3.8) is 0 Å². The van der Waals surface area contributed by atoms with Crippen LogP contribution >= 0.6 is 11.3 Å². The van der Waals surface area contributed by atoms with E-state index in [0.717, 1.165) is 4.88 Å². The monoisotopic (exact) mass is 330 g/mol. The summed E-state index contributed by atoms with van der Waals surface area (Å²) >= 11 is 1.39. The number of hydrogen-bond donors (Lipinski definition) is 3. The summed E-state index contributed by atoms with van der Waals surface area (Å²) in [5.74, 6) is -2.27. The smallest absolute Gasteiger partial charge is 0.322 e. The summed E-state index contributed by atoms with van der Waals surface area (Å²) in [6.07, 6.45) is 1.50. The standard InChI is InChI=1S/C16H14N2O4S/c19-14(20)10-17-16(22)13(9-12-7-4-8-23-12)18-15(21)11-5-2-1-3-6-11/h1-9H,10H2,(H,17,22)(H,18,21)(H,19,20). The Labute approximate surface area is 136 Å². The van der Waals surface area contributed by atoms with Crippen LogP contribution in [-0.2, 0) is 9.59 Å². The van der Waals surface area contributed by atoms with Gasteiger partial charge in [0.25, 0.3) is 11.8 Å². The Morgan fingerprint density at radius 1 is 1.09 bits per heavy atom. The average molecular weight is 330 g/mol. The minimum absolute atomic E-state index is 0.0115. The highest BCUT2D eigenvalue weighted by molar-refractivity contribution is 7.10. The molecule has 0 aliphatic rings. The SMILES string of the molecule is O=C(O)CNC(=O)C(=Cc1cccs1)NC(=O)c1ccccc1. The molecule has 118 valence electrons. The molecule has 1 aromatic heterocycles. The molecule has 0 bridgehead atoms. The number of amides is 2. The first-order valence-corrected chi connectivity index (χ1v) is 7.56. The molecule has 0 saturated carbocycles. The number of hydrogen-bond acceptors (Lipinski definition) is 4. The summed E-state index contributed by atoms with van der Waals surface area (Å²) in [5.41, 5.74) is 0.387. The Kier molecular flexibility index (Phi) is 5.65. The number of rotatable bonds is 6. The van der Waals surface area contributed by atoms with Gasteiger partial charge in [-0.1, -0.05) is 24.3 Å². The van der Waals surface area contributed by atoms with Crippen molar-refractivity contribution in [2.75, 3.05) is 6.54 Å². The summed E-state index contributed by atoms with van der Waals surface area (Å²) in [6.45, 7) is -0.526. The fourth-order valence-electron chi connectivity index (χ4n) is 1.71. The maximum atomic E-state index is 12.2. The highest BCUT2D eigenvalue weighted by Crippen LogP contribution is 2.13. The molecular formula is C16H14N2O4S. The van der Waals surface area contributed by atoms with E-state index < -0.39 is 24.3 Å². The lowest BCUT2D eigenvalue weighted by Gasteiger charge is -2.09. The lowest BCUT2D eigenvalue weighted by atomic mass is 10.2. The molecule has 0 fully saturated rings. The molecule has 1 heterocycles. The Balaban J connectivity index is 2.18. The van der Waals surface area contributed by atoms with E-state index in [0.29, 0.717) is 5.56 Å². The van der Waals surface area contributed by atoms with Crippen molar-refractivity contribution in [2.24, 2.45) is 0 Å². The van der Waals surface area contributed by atoms with Gasteiger partial charge in [0.2, 0.25) is 0 Å². The number of nitrogens with one attached hydrogen (secondary N) is 2. The van der Waals surface area contributed by atoms with Crippen molar-refractivity contribution in [3.8, 4) is 0 Å². The molecule has 7 heteroatoms. The van der Waals surface area contributed by atoms with E-state index in [1.807, 2.05) is 11.4 Å². The van der Waals surface area contributed by atoms with E-state index in [1.165, 1.54) is 17.4 Å². The van der Waals surface area contributed by atoms with Gasteiger partial charge in [-0.05, 0) is 29.7 Å². The van der Waals surface area contributed by atoms with Crippen LogP contribution in [0.25, 0.3) is 6.08 Å². The number of carbonyl (C=O) groups excluding carboxylic acids is 2. The molecule has 0 aliphatic heterocycles. The van der Waals surface area contributed by atoms with Gasteiger partial charge in [-0.2, -0.15) is 0 Å². The van der Waals surface area contributed by atoms with Crippen LogP contribution in [0.4, 0.5) is 0 Å². The molecule has 0 aliphatic carbocycles. The number of carbonyl (C=O) groups is 3. The van der Waals surface area contributed by atoms with Crippen molar-refractivity contribution < 1.29 is 19.5 Å². The first-order valence-electron chi connectivity index (χ1n) is 6.68. The zero-order chi connectivity index (χ0) is 16.7. The lowest BCUT2D eigenvalue weighted by Crippen LogP contribution is -2.37. The highest BCUT2D eigenvalue weighted by Gasteiger charge is 2.15. The van der Waals surface area contributed by atoms with Gasteiger partial charge in [-0.3, -0.25) is 14.4 Å². The molecule has 0 saturated heterocycles. The zero-order valence-corrected chi connectivity index (χ0v) is 12.8. The van der Waals surface area contributed by atoms with Gasteiger partial charge in [0, 0.05) is 10.4 Å². The molecule has 2 rings (SSSR count). The van der Waals surface area contributed by atoms with Crippen molar-refractivity contribution >= 4 is 35.2 Å². The largest absolute Gasteiger partial charge is 0.480 e. The van der Waals surface area contributed by atoms with Crippen LogP contribution in [0, 0.1) is 0 Å². The molecule has 3 N–H and O–H groups in total. The minimum Gasteiger partial charge on any atom is -0.480 e. The van der Waals surface area contributed by atoms with Gasteiger partial charge in [-0.15, -0.1) is 11.3 Å². The van der Waals surface area contributed by atoms with Crippen LogP contribution in [-0.4, -0.2) is 29.4 Å². The Bertz CT molecular complexity index is 724. The topological polar surface area (TPSA) is 95.5 Å². The Morgan fingerprint density at radius 2 is 1.83 bits per heavy atom. The van der Waals surface area contributed by atoms with Crippen molar-refractivity contribution in [1.29, 1.82) is 0 Å². The van der Waals surface area contributed by atoms with Crippen LogP contribution < -0.4 is 10.6 Å². The van der Waals surface area contributed by atoms with E-state index in [-0.39, 0.29) is 5.70 Å². The van der Waals surface area contributed by atoms with Gasteiger partial charge in [0.15, 0.2) is 0 Å². The van der Waals surface area contributed by atoms with Crippen LogP contribution in [0.3, 0.4) is 0 Å². The predicted molar refractivity (Wildman–Crippen MR) is 86.8 cm³/mol. The quantitative estimate of drug-likeness (QED) is 0.703. The van der Waals surface area contributed by atoms with Gasteiger partial charge in [0.1, 0.15) is 12.2 Å². The number of carboxylic acid groups (broad SMARTS) is 1. The first kappa shape index (κ1) is 16.4. The maximum Gasteiger partial charge on any atom is 0.322 e. The second-order valence-corrected chi connectivity index (χ2v) is 5.45. The van der Waals surface area contributed by atoms with E-state index >= 15 is 0 Å². The summed E-state index contributed by atoms with van der Waals surface area (Å²) < 4.78 is 0. The molecule has 0 atom stereocenters. The normalized spacial score (nSPS) is 10.9. The van der Waals surface area contributed by atoms with Gasteiger partial charge in [-0.25, -0.2) is 0 Å². The summed E-state index contributed by atoms with van der Waals surface area (Å²) in [5, 5.41) is 15.2. The third kappa shape index (κ3) is 5.08. The number of carboxylic acids is 1. The van der Waals surface area contributed by atoms with E-state index in [1.54, 1.807) is 36.4 Å². The third-order valence-corrected chi connectivity index (χ3v) is 3.58. The van der Waals surface area contributed by atoms with Gasteiger partial charge in [0.05, 0.1) is 0 Å². The van der Waals surface area contributed by atoms with E-state index in [4.69, 9.17) is 5.11 Å². The summed E-state index contributed by atoms with van der Waals surface area (Å²) in [6, 6.07) is 12.0. The van der Waals surface area contributed by atoms with Crippen LogP contribution in [0.15, 0.2) is 53.5 Å². The van der Waals surface area contributed by atoms with Crippen molar-refractivity contribution in [1.82, 2.24) is 10.6 Å². The number of aliphatic carboxylic acids is 1. The molecule has 0 unspecified atom stereocenters. The molecule has 2 aromatic rings. The molecule has 23 heavy (non-hydrogen) atoms. The van der Waals surface area contributed by atoms with Crippen LogP contribution in [0.2, 0.25) is 0 Å². The number of benzene rings is 1.